The predicted octanol–water partition coefficient (Wildman–Crippen LogP) is -0.490. The molecule has 6 heteroatoms. The Labute approximate surface area is 80.5 Å². The summed E-state index contributed by atoms with van der Waals surface area (Å²) in [4.78, 5) is 0. The number of hydrogen-bond acceptors (Lipinski definition) is 3. The summed E-state index contributed by atoms with van der Waals surface area (Å²) >= 11 is 0. The Balaban J connectivity index is 3.66. The summed E-state index contributed by atoms with van der Waals surface area (Å²) in [6, 6.07) is 0.129. The van der Waals surface area contributed by atoms with Crippen LogP contribution in [0.2, 0.25) is 0 Å². The molecule has 0 spiro atoms. The summed E-state index contributed by atoms with van der Waals surface area (Å²) in [7, 11) is -0.266. The molecule has 0 heterocycles. The van der Waals surface area contributed by atoms with Crippen LogP contribution >= 0.6 is 0 Å². The Kier molecular flexibility index (Phi) is 5.46. The Bertz CT molecular complexity index is 224. The number of nitrogens with zero attached hydrogens (tertiary/aromatic N) is 1. The molecule has 0 saturated heterocycles. The van der Waals surface area contributed by atoms with Crippen molar-refractivity contribution in [3.05, 3.63) is 0 Å². The molecule has 0 aromatic rings. The number of nitrogens with one attached hydrogen (secondary N) is 1. The van der Waals surface area contributed by atoms with E-state index in [2.05, 4.69) is 4.72 Å². The van der Waals surface area contributed by atoms with Gasteiger partial charge in [-0.05, 0) is 19.8 Å². The molecule has 0 rings (SSSR count). The maximum absolute atomic E-state index is 11.2. The number of rotatable bonds is 6. The van der Waals surface area contributed by atoms with Crippen LogP contribution in [0.25, 0.3) is 0 Å². The van der Waals surface area contributed by atoms with Crippen molar-refractivity contribution in [3.63, 3.8) is 0 Å². The first-order valence-electron chi connectivity index (χ1n) is 4.29. The van der Waals surface area contributed by atoms with Gasteiger partial charge in [-0.3, -0.25) is 0 Å². The number of nitrogens with two attached hydrogens (primary N) is 1. The molecule has 0 aromatic heterocycles. The van der Waals surface area contributed by atoms with Crippen LogP contribution < -0.4 is 10.5 Å². The summed E-state index contributed by atoms with van der Waals surface area (Å²) in [5.41, 5.74) is 5.51. The molecule has 0 amide bonds. The highest BCUT2D eigenvalue weighted by Crippen LogP contribution is 1.93. The molecule has 0 aromatic carbocycles. The van der Waals surface area contributed by atoms with Crippen molar-refractivity contribution in [3.8, 4) is 0 Å². The van der Waals surface area contributed by atoms with Gasteiger partial charge in [-0.2, -0.15) is 12.7 Å². The molecule has 13 heavy (non-hydrogen) atoms. The minimum atomic E-state index is -3.25. The van der Waals surface area contributed by atoms with E-state index >= 15 is 0 Å². The lowest BCUT2D eigenvalue weighted by Crippen LogP contribution is -2.36. The highest BCUT2D eigenvalue weighted by molar-refractivity contribution is 7.87. The third-order valence-electron chi connectivity index (χ3n) is 1.60. The lowest BCUT2D eigenvalue weighted by atomic mass is 10.2. The molecule has 0 fully saturated rings. The van der Waals surface area contributed by atoms with E-state index in [1.807, 2.05) is 6.92 Å². The molecule has 0 bridgehead atoms. The fourth-order valence-corrected chi connectivity index (χ4v) is 1.41. The molecule has 80 valence electrons. The van der Waals surface area contributed by atoms with Crippen LogP contribution in [0.3, 0.4) is 0 Å². The average Bonchev–Trinajstić information content (AvgIpc) is 1.97. The minimum Gasteiger partial charge on any atom is -0.328 e. The van der Waals surface area contributed by atoms with E-state index in [0.717, 1.165) is 17.1 Å². The monoisotopic (exact) mass is 209 g/mol. The van der Waals surface area contributed by atoms with Gasteiger partial charge in [0.1, 0.15) is 0 Å². The first-order chi connectivity index (χ1) is 5.86. The predicted molar refractivity (Wildman–Crippen MR) is 53.5 cm³/mol. The molecule has 0 radical (unpaired) electrons. The lowest BCUT2D eigenvalue weighted by molar-refractivity contribution is 0.500. The second kappa shape index (κ2) is 5.54. The van der Waals surface area contributed by atoms with Gasteiger partial charge in [0.2, 0.25) is 0 Å². The van der Waals surface area contributed by atoms with Crippen LogP contribution in [0.4, 0.5) is 0 Å². The Morgan fingerprint density at radius 3 is 2.38 bits per heavy atom. The maximum atomic E-state index is 11.2. The maximum Gasteiger partial charge on any atom is 0.278 e. The van der Waals surface area contributed by atoms with E-state index in [4.69, 9.17) is 5.73 Å². The zero-order chi connectivity index (χ0) is 10.5. The van der Waals surface area contributed by atoms with Gasteiger partial charge in [0, 0.05) is 26.7 Å². The molecular formula is C7H19N3O2S. The summed E-state index contributed by atoms with van der Waals surface area (Å²) in [5, 5.41) is 0. The van der Waals surface area contributed by atoms with Gasteiger partial charge in [0.15, 0.2) is 0 Å². The third-order valence-corrected chi connectivity index (χ3v) is 3.13. The fourth-order valence-electron chi connectivity index (χ4n) is 0.754. The van der Waals surface area contributed by atoms with Crippen molar-refractivity contribution in [2.45, 2.75) is 25.8 Å². The van der Waals surface area contributed by atoms with Gasteiger partial charge < -0.3 is 5.73 Å². The highest BCUT2D eigenvalue weighted by atomic mass is 32.2. The molecule has 0 aliphatic carbocycles. The van der Waals surface area contributed by atoms with Crippen molar-refractivity contribution in [2.24, 2.45) is 5.73 Å². The van der Waals surface area contributed by atoms with Gasteiger partial charge in [-0.25, -0.2) is 4.72 Å². The second-order valence-corrected chi connectivity index (χ2v) is 5.27. The fraction of sp³-hybridized carbons (Fsp3) is 1.00. The Morgan fingerprint density at radius 2 is 2.00 bits per heavy atom. The van der Waals surface area contributed by atoms with Gasteiger partial charge >= 0.3 is 0 Å². The second-order valence-electron chi connectivity index (χ2n) is 3.30. The average molecular weight is 209 g/mol. The molecule has 0 aliphatic rings. The van der Waals surface area contributed by atoms with Crippen LogP contribution in [-0.4, -0.2) is 39.4 Å². The standard InChI is InChI=1S/C7H19N3O2S/c1-7(8)5-4-6-9-13(11,12)10(2)3/h7,9H,4-6,8H2,1-3H3. The van der Waals surface area contributed by atoms with E-state index < -0.39 is 10.2 Å². The zero-order valence-corrected chi connectivity index (χ0v) is 9.26. The van der Waals surface area contributed by atoms with Crippen molar-refractivity contribution >= 4 is 10.2 Å². The molecule has 3 N–H and O–H groups in total. The van der Waals surface area contributed by atoms with Crippen molar-refractivity contribution in [2.75, 3.05) is 20.6 Å². The van der Waals surface area contributed by atoms with E-state index in [9.17, 15) is 8.42 Å². The van der Waals surface area contributed by atoms with Crippen LogP contribution in [0.1, 0.15) is 19.8 Å². The molecule has 0 aliphatic heterocycles. The van der Waals surface area contributed by atoms with Crippen LogP contribution in [0, 0.1) is 0 Å². The Morgan fingerprint density at radius 1 is 1.46 bits per heavy atom. The summed E-state index contributed by atoms with van der Waals surface area (Å²) < 4.78 is 25.9. The highest BCUT2D eigenvalue weighted by Gasteiger charge is 2.11. The van der Waals surface area contributed by atoms with Crippen LogP contribution in [-0.2, 0) is 10.2 Å². The quantitative estimate of drug-likeness (QED) is 0.580. The molecule has 1 unspecified atom stereocenters. The molecule has 1 atom stereocenters. The van der Waals surface area contributed by atoms with Gasteiger partial charge in [0.25, 0.3) is 10.2 Å². The van der Waals surface area contributed by atoms with Crippen LogP contribution in [0.5, 0.6) is 0 Å². The van der Waals surface area contributed by atoms with Gasteiger partial charge in [-0.15, -0.1) is 0 Å². The SMILES string of the molecule is CC(N)CCCNS(=O)(=O)N(C)C. The van der Waals surface area contributed by atoms with Crippen LogP contribution in [0.15, 0.2) is 0 Å². The van der Waals surface area contributed by atoms with Crippen molar-refractivity contribution < 1.29 is 8.42 Å². The minimum absolute atomic E-state index is 0.129. The normalized spacial score (nSPS) is 14.8. The Hall–Kier alpha value is -0.170. The van der Waals surface area contributed by atoms with Gasteiger partial charge in [0.05, 0.1) is 0 Å². The van der Waals surface area contributed by atoms with E-state index in [-0.39, 0.29) is 6.04 Å². The molecular weight excluding hydrogens is 190 g/mol. The van der Waals surface area contributed by atoms with E-state index in [0.29, 0.717) is 6.54 Å². The smallest absolute Gasteiger partial charge is 0.278 e. The lowest BCUT2D eigenvalue weighted by Gasteiger charge is -2.12. The largest absolute Gasteiger partial charge is 0.328 e. The molecule has 0 saturated carbocycles. The van der Waals surface area contributed by atoms with Gasteiger partial charge in [-0.1, -0.05) is 0 Å². The third kappa shape index (κ3) is 5.98. The summed E-state index contributed by atoms with van der Waals surface area (Å²) in [5.74, 6) is 0. The molecule has 5 nitrogen and oxygen atoms in total. The number of hydrogen-bond donors (Lipinski definition) is 2. The van der Waals surface area contributed by atoms with Crippen molar-refractivity contribution in [1.82, 2.24) is 9.03 Å². The van der Waals surface area contributed by atoms with E-state index in [1.165, 1.54) is 14.1 Å². The van der Waals surface area contributed by atoms with E-state index in [1.54, 1.807) is 0 Å². The summed E-state index contributed by atoms with van der Waals surface area (Å²) in [6.07, 6.45) is 1.60. The topological polar surface area (TPSA) is 75.4 Å². The first kappa shape index (κ1) is 12.8. The first-order valence-corrected chi connectivity index (χ1v) is 5.73. The van der Waals surface area contributed by atoms with Crippen molar-refractivity contribution in [1.29, 1.82) is 0 Å². The summed E-state index contributed by atoms with van der Waals surface area (Å²) in [6.45, 7) is 2.35. The zero-order valence-electron chi connectivity index (χ0n) is 8.45.